The Morgan fingerprint density at radius 3 is 2.61 bits per heavy atom. The van der Waals surface area contributed by atoms with E-state index in [1.54, 1.807) is 0 Å². The lowest BCUT2D eigenvalue weighted by atomic mass is 9.93. The fraction of sp³-hybridized carbons (Fsp3) is 0.269. The molecule has 0 saturated heterocycles. The molecule has 1 aliphatic heterocycles. The zero-order chi connectivity index (χ0) is 21.4. The first-order valence-electron chi connectivity index (χ1n) is 10.6. The molecule has 158 valence electrons. The number of carbonyl (C=O) groups is 1. The van der Waals surface area contributed by atoms with Gasteiger partial charge >= 0.3 is 0 Å². The number of fused-ring (bicyclic) bond motifs is 1. The Bertz CT molecular complexity index is 1150. The van der Waals surface area contributed by atoms with Crippen LogP contribution in [-0.2, 0) is 16.6 Å². The molecule has 1 heterocycles. The minimum Gasteiger partial charge on any atom is -0.454 e. The minimum absolute atomic E-state index is 0.00446. The number of ether oxygens (including phenoxy) is 2. The fourth-order valence-corrected chi connectivity index (χ4v) is 4.33. The number of amides is 1. The first-order chi connectivity index (χ1) is 15.1. The van der Waals surface area contributed by atoms with Gasteiger partial charge < -0.3 is 19.9 Å². The fourth-order valence-electron chi connectivity index (χ4n) is 4.33. The van der Waals surface area contributed by atoms with Gasteiger partial charge in [0.15, 0.2) is 11.5 Å². The molecule has 0 atom stereocenters. The molecule has 0 radical (unpaired) electrons. The smallest absolute Gasteiger partial charge is 0.235 e. The topological polar surface area (TPSA) is 67.8 Å². The van der Waals surface area contributed by atoms with E-state index >= 15 is 0 Å². The summed E-state index contributed by atoms with van der Waals surface area (Å²) in [6.07, 6.45) is 2.23. The number of aryl methyl sites for hydroxylation is 1. The van der Waals surface area contributed by atoms with Crippen molar-refractivity contribution in [3.8, 4) is 22.6 Å². The number of aliphatic hydroxyl groups excluding tert-OH is 1. The van der Waals surface area contributed by atoms with Gasteiger partial charge in [0.05, 0.1) is 5.41 Å². The summed E-state index contributed by atoms with van der Waals surface area (Å²) in [5.41, 5.74) is 5.60. The van der Waals surface area contributed by atoms with E-state index in [0.717, 1.165) is 52.1 Å². The number of aliphatic hydroxyl groups is 1. The van der Waals surface area contributed by atoms with Crippen molar-refractivity contribution in [2.45, 2.75) is 31.6 Å². The van der Waals surface area contributed by atoms with Gasteiger partial charge in [-0.2, -0.15) is 0 Å². The van der Waals surface area contributed by atoms with Crippen molar-refractivity contribution in [3.05, 3.63) is 77.4 Å². The van der Waals surface area contributed by atoms with Crippen LogP contribution in [0.4, 0.5) is 5.69 Å². The first kappa shape index (κ1) is 19.6. The number of carbonyl (C=O) groups excluding carboxylic acids is 1. The minimum atomic E-state index is -0.513. The summed E-state index contributed by atoms with van der Waals surface area (Å²) in [7, 11) is 0. The van der Waals surface area contributed by atoms with E-state index in [-0.39, 0.29) is 19.3 Å². The molecule has 5 heteroatoms. The summed E-state index contributed by atoms with van der Waals surface area (Å²) in [5.74, 6) is 1.43. The predicted molar refractivity (Wildman–Crippen MR) is 120 cm³/mol. The Kier molecular flexibility index (Phi) is 4.91. The molecule has 2 aliphatic rings. The van der Waals surface area contributed by atoms with Crippen LogP contribution in [0.5, 0.6) is 11.5 Å². The summed E-state index contributed by atoms with van der Waals surface area (Å²) < 4.78 is 10.9. The van der Waals surface area contributed by atoms with Gasteiger partial charge in [-0.1, -0.05) is 36.4 Å². The number of rotatable bonds is 6. The van der Waals surface area contributed by atoms with Gasteiger partial charge in [0.2, 0.25) is 12.7 Å². The lowest BCUT2D eigenvalue weighted by molar-refractivity contribution is -0.118. The van der Waals surface area contributed by atoms with Crippen LogP contribution in [0, 0.1) is 6.92 Å². The molecule has 5 nitrogen and oxygen atoms in total. The maximum atomic E-state index is 13.3. The molecular weight excluding hydrogens is 390 g/mol. The van der Waals surface area contributed by atoms with Gasteiger partial charge in [0.1, 0.15) is 0 Å². The third-order valence-electron chi connectivity index (χ3n) is 6.29. The van der Waals surface area contributed by atoms with Crippen molar-refractivity contribution in [2.24, 2.45) is 0 Å². The van der Waals surface area contributed by atoms with Crippen LogP contribution in [0.1, 0.15) is 29.5 Å². The molecule has 1 aliphatic carbocycles. The second kappa shape index (κ2) is 7.75. The molecule has 31 heavy (non-hydrogen) atoms. The van der Waals surface area contributed by atoms with E-state index < -0.39 is 5.41 Å². The standard InChI is InChI=1S/C26H25NO4/c1-17-6-8-20(15-22(17)21-5-3-2-4-18(21)10-13-28)27-25(29)26(11-12-26)19-7-9-23-24(14-19)31-16-30-23/h2-9,14-15,28H,10-13,16H2,1H3,(H,27,29). The molecular formula is C26H25NO4. The lowest BCUT2D eigenvalue weighted by Crippen LogP contribution is -2.27. The number of nitrogens with one attached hydrogen (secondary N) is 1. The van der Waals surface area contributed by atoms with Crippen molar-refractivity contribution >= 4 is 11.6 Å². The van der Waals surface area contributed by atoms with Gasteiger partial charge in [-0.3, -0.25) is 4.79 Å². The van der Waals surface area contributed by atoms with Gasteiger partial charge in [-0.15, -0.1) is 0 Å². The second-order valence-electron chi connectivity index (χ2n) is 8.26. The molecule has 0 unspecified atom stereocenters. The van der Waals surface area contributed by atoms with Crippen molar-refractivity contribution in [1.29, 1.82) is 0 Å². The molecule has 1 amide bonds. The number of hydrogen-bond acceptors (Lipinski definition) is 4. The number of hydrogen-bond donors (Lipinski definition) is 2. The summed E-state index contributed by atoms with van der Waals surface area (Å²) in [6, 6.07) is 19.9. The van der Waals surface area contributed by atoms with Crippen LogP contribution in [0.15, 0.2) is 60.7 Å². The highest BCUT2D eigenvalue weighted by Gasteiger charge is 2.51. The van der Waals surface area contributed by atoms with Crippen molar-refractivity contribution < 1.29 is 19.4 Å². The van der Waals surface area contributed by atoms with E-state index in [1.165, 1.54) is 0 Å². The first-order valence-corrected chi connectivity index (χ1v) is 10.6. The highest BCUT2D eigenvalue weighted by Crippen LogP contribution is 2.51. The monoisotopic (exact) mass is 415 g/mol. The molecule has 3 aromatic carbocycles. The molecule has 0 bridgehead atoms. The summed E-state index contributed by atoms with van der Waals surface area (Å²) in [4.78, 5) is 13.3. The summed E-state index contributed by atoms with van der Waals surface area (Å²) in [6.45, 7) is 2.39. The van der Waals surface area contributed by atoms with Crippen LogP contribution >= 0.6 is 0 Å². The van der Waals surface area contributed by atoms with Crippen molar-refractivity contribution in [3.63, 3.8) is 0 Å². The molecule has 1 fully saturated rings. The highest BCUT2D eigenvalue weighted by molar-refractivity contribution is 6.02. The Labute approximate surface area is 181 Å². The largest absolute Gasteiger partial charge is 0.454 e. The van der Waals surface area contributed by atoms with Gasteiger partial charge in [-0.25, -0.2) is 0 Å². The van der Waals surface area contributed by atoms with Crippen LogP contribution in [0.3, 0.4) is 0 Å². The third kappa shape index (κ3) is 3.55. The molecule has 5 rings (SSSR count). The quantitative estimate of drug-likeness (QED) is 0.618. The SMILES string of the molecule is Cc1ccc(NC(=O)C2(c3ccc4c(c3)OCO4)CC2)cc1-c1ccccc1CCO. The lowest BCUT2D eigenvalue weighted by Gasteiger charge is -2.18. The van der Waals surface area contributed by atoms with E-state index in [2.05, 4.69) is 18.3 Å². The van der Waals surface area contributed by atoms with Gasteiger partial charge in [0.25, 0.3) is 0 Å². The van der Waals surface area contributed by atoms with E-state index in [0.29, 0.717) is 12.2 Å². The van der Waals surface area contributed by atoms with E-state index in [4.69, 9.17) is 9.47 Å². The van der Waals surface area contributed by atoms with Crippen LogP contribution in [-0.4, -0.2) is 24.4 Å². The molecule has 2 N–H and O–H groups in total. The second-order valence-corrected chi connectivity index (χ2v) is 8.26. The average Bonchev–Trinajstić information content (AvgIpc) is 3.47. The number of anilines is 1. The normalized spacial score (nSPS) is 15.5. The maximum Gasteiger partial charge on any atom is 0.235 e. The van der Waals surface area contributed by atoms with E-state index in [1.807, 2.05) is 54.6 Å². The maximum absolute atomic E-state index is 13.3. The molecule has 3 aromatic rings. The van der Waals surface area contributed by atoms with Crippen molar-refractivity contribution in [2.75, 3.05) is 18.7 Å². The van der Waals surface area contributed by atoms with Crippen molar-refractivity contribution in [1.82, 2.24) is 0 Å². The molecule has 0 aromatic heterocycles. The third-order valence-corrected chi connectivity index (χ3v) is 6.29. The summed E-state index contributed by atoms with van der Waals surface area (Å²) in [5, 5.41) is 12.6. The molecule has 0 spiro atoms. The molecule has 1 saturated carbocycles. The van der Waals surface area contributed by atoms with Gasteiger partial charge in [0, 0.05) is 12.3 Å². The Balaban J connectivity index is 1.42. The zero-order valence-corrected chi connectivity index (χ0v) is 17.5. The zero-order valence-electron chi connectivity index (χ0n) is 17.5. The average molecular weight is 415 g/mol. The summed E-state index contributed by atoms with van der Waals surface area (Å²) >= 11 is 0. The Hall–Kier alpha value is -3.31. The Morgan fingerprint density at radius 1 is 1.00 bits per heavy atom. The van der Waals surface area contributed by atoms with E-state index in [9.17, 15) is 9.90 Å². The van der Waals surface area contributed by atoms with Crippen LogP contribution < -0.4 is 14.8 Å². The highest BCUT2D eigenvalue weighted by atomic mass is 16.7. The predicted octanol–water partition coefficient (Wildman–Crippen LogP) is 4.60. The van der Waals surface area contributed by atoms with Gasteiger partial charge in [-0.05, 0) is 78.3 Å². The van der Waals surface area contributed by atoms with Crippen LogP contribution in [0.2, 0.25) is 0 Å². The number of benzene rings is 3. The Morgan fingerprint density at radius 2 is 1.81 bits per heavy atom. The van der Waals surface area contributed by atoms with Crippen LogP contribution in [0.25, 0.3) is 11.1 Å².